The minimum Gasteiger partial charge on any atom is -0.273 e. The van der Waals surface area contributed by atoms with Crippen LogP contribution in [0.5, 0.6) is 0 Å². The molecule has 1 aliphatic carbocycles. The number of hydrogen-bond donors (Lipinski definition) is 0. The third-order valence-electron chi connectivity index (χ3n) is 0.586. The van der Waals surface area contributed by atoms with Crippen LogP contribution in [-0.2, 0) is 17.4 Å². The number of allylic oxidation sites excluding steroid dienone is 4. The molecule has 1 rings (SSSR count). The van der Waals surface area contributed by atoms with Crippen molar-refractivity contribution in [2.75, 3.05) is 0 Å². The Morgan fingerprint density at radius 2 is 2.33 bits per heavy atom. The van der Waals surface area contributed by atoms with Gasteiger partial charge in [0.2, 0.25) is 0 Å². The fourth-order valence-electron chi connectivity index (χ4n) is 0.340. The summed E-state index contributed by atoms with van der Waals surface area (Å²) in [4.78, 5) is 0. The van der Waals surface area contributed by atoms with Crippen LogP contribution in [0.2, 0.25) is 0 Å². The molecule has 1 heteroatoms. The molecule has 1 radical (unpaired) electrons. The van der Waals surface area contributed by atoms with Crippen molar-refractivity contribution in [3.63, 3.8) is 0 Å². The summed E-state index contributed by atoms with van der Waals surface area (Å²) in [6.45, 7) is 0. The smallest absolute Gasteiger partial charge is 0.273 e. The van der Waals surface area contributed by atoms with Gasteiger partial charge < -0.3 is 0 Å². The van der Waals surface area contributed by atoms with E-state index < -0.39 is 0 Å². The zero-order valence-electron chi connectivity index (χ0n) is 3.35. The van der Waals surface area contributed by atoms with E-state index in [2.05, 4.69) is 12.2 Å². The standard InChI is InChI=1S/C5H5.Cr/c1-2-4-5-3-1;/h1-3H,4H2;/q-1;+3. The van der Waals surface area contributed by atoms with Gasteiger partial charge in [-0.3, -0.25) is 6.08 Å². The fourth-order valence-corrected chi connectivity index (χ4v) is 0.340. The second-order valence-electron chi connectivity index (χ2n) is 1.00. The second kappa shape index (κ2) is 3.21. The maximum absolute atomic E-state index is 2.99. The van der Waals surface area contributed by atoms with Crippen LogP contribution in [0, 0.1) is 6.08 Å². The van der Waals surface area contributed by atoms with E-state index in [9.17, 15) is 0 Å². The molecule has 0 spiro atoms. The van der Waals surface area contributed by atoms with Crippen molar-refractivity contribution in [3.05, 3.63) is 24.3 Å². The molecule has 0 N–H and O–H groups in total. The van der Waals surface area contributed by atoms with Crippen LogP contribution >= 0.6 is 0 Å². The first-order chi connectivity index (χ1) is 2.50. The zero-order valence-corrected chi connectivity index (χ0v) is 4.62. The number of rotatable bonds is 0. The average molecular weight is 117 g/mol. The van der Waals surface area contributed by atoms with E-state index >= 15 is 0 Å². The van der Waals surface area contributed by atoms with Gasteiger partial charge in [0.15, 0.2) is 0 Å². The second-order valence-corrected chi connectivity index (χ2v) is 1.00. The van der Waals surface area contributed by atoms with Gasteiger partial charge in [0.1, 0.15) is 0 Å². The van der Waals surface area contributed by atoms with E-state index in [1.54, 1.807) is 0 Å². The van der Waals surface area contributed by atoms with Crippen LogP contribution in [0.15, 0.2) is 18.2 Å². The van der Waals surface area contributed by atoms with Gasteiger partial charge in [0, 0.05) is 0 Å². The molecule has 0 bridgehead atoms. The van der Waals surface area contributed by atoms with Gasteiger partial charge >= 0.3 is 17.4 Å². The van der Waals surface area contributed by atoms with E-state index in [4.69, 9.17) is 0 Å². The number of hydrogen-bond acceptors (Lipinski definition) is 0. The molecular formula is C5H5Cr+2. The van der Waals surface area contributed by atoms with Crippen molar-refractivity contribution in [2.24, 2.45) is 0 Å². The predicted molar refractivity (Wildman–Crippen MR) is 21.6 cm³/mol. The van der Waals surface area contributed by atoms with Crippen molar-refractivity contribution < 1.29 is 17.4 Å². The molecule has 29 valence electrons. The molecule has 0 aliphatic heterocycles. The van der Waals surface area contributed by atoms with E-state index in [1.165, 1.54) is 0 Å². The Labute approximate surface area is 48.7 Å². The van der Waals surface area contributed by atoms with E-state index in [-0.39, 0.29) is 17.4 Å². The van der Waals surface area contributed by atoms with Crippen LogP contribution in [0.4, 0.5) is 0 Å². The molecule has 0 amide bonds. The summed E-state index contributed by atoms with van der Waals surface area (Å²) in [6.07, 6.45) is 10.0. The molecule has 0 aromatic heterocycles. The third-order valence-corrected chi connectivity index (χ3v) is 0.586. The molecule has 0 nitrogen and oxygen atoms in total. The van der Waals surface area contributed by atoms with Gasteiger partial charge in [0.05, 0.1) is 0 Å². The average Bonchev–Trinajstić information content (AvgIpc) is 1.76. The summed E-state index contributed by atoms with van der Waals surface area (Å²) in [7, 11) is 0. The van der Waals surface area contributed by atoms with Crippen LogP contribution in [0.25, 0.3) is 0 Å². The maximum Gasteiger partial charge on any atom is 3.00 e. The molecule has 6 heavy (non-hydrogen) atoms. The van der Waals surface area contributed by atoms with Crippen molar-refractivity contribution in [1.82, 2.24) is 0 Å². The summed E-state index contributed by atoms with van der Waals surface area (Å²) in [6, 6.07) is 0. The van der Waals surface area contributed by atoms with Crippen molar-refractivity contribution in [3.8, 4) is 0 Å². The summed E-state index contributed by atoms with van der Waals surface area (Å²) in [5, 5.41) is 0. The van der Waals surface area contributed by atoms with E-state index in [1.807, 2.05) is 12.2 Å². The zero-order chi connectivity index (χ0) is 3.54. The van der Waals surface area contributed by atoms with E-state index in [0.29, 0.717) is 0 Å². The largest absolute Gasteiger partial charge is 3.00 e. The summed E-state index contributed by atoms with van der Waals surface area (Å²) < 4.78 is 0. The third kappa shape index (κ3) is 1.45. The molecule has 0 saturated heterocycles. The van der Waals surface area contributed by atoms with Crippen LogP contribution in [0.1, 0.15) is 6.42 Å². The Kier molecular flexibility index (Phi) is 3.22. The van der Waals surface area contributed by atoms with Crippen LogP contribution in [0.3, 0.4) is 0 Å². The van der Waals surface area contributed by atoms with Crippen molar-refractivity contribution >= 4 is 0 Å². The molecular weight excluding hydrogens is 112 g/mol. The Morgan fingerprint density at radius 3 is 2.50 bits per heavy atom. The molecule has 0 heterocycles. The van der Waals surface area contributed by atoms with Gasteiger partial charge in [-0.25, -0.2) is 12.2 Å². The Morgan fingerprint density at radius 1 is 1.50 bits per heavy atom. The summed E-state index contributed by atoms with van der Waals surface area (Å²) in [5.41, 5.74) is 0. The topological polar surface area (TPSA) is 0 Å². The van der Waals surface area contributed by atoms with Crippen molar-refractivity contribution in [2.45, 2.75) is 6.42 Å². The summed E-state index contributed by atoms with van der Waals surface area (Å²) >= 11 is 0. The van der Waals surface area contributed by atoms with Crippen molar-refractivity contribution in [1.29, 1.82) is 0 Å². The minimum atomic E-state index is 0. The summed E-state index contributed by atoms with van der Waals surface area (Å²) in [5.74, 6) is 0. The molecule has 0 aromatic carbocycles. The Balaban J connectivity index is 0.000000250. The molecule has 0 unspecified atom stereocenters. The first kappa shape index (κ1) is 6.01. The predicted octanol–water partition coefficient (Wildman–Crippen LogP) is 1.30. The van der Waals surface area contributed by atoms with Gasteiger partial charge in [0.25, 0.3) is 0 Å². The molecule has 1 aliphatic rings. The van der Waals surface area contributed by atoms with Crippen LogP contribution < -0.4 is 0 Å². The Hall–Kier alpha value is 0.0125. The normalized spacial score (nSPS) is 14.7. The van der Waals surface area contributed by atoms with Gasteiger partial charge in [-0.15, -0.1) is 6.42 Å². The maximum atomic E-state index is 2.99. The minimum absolute atomic E-state index is 0. The van der Waals surface area contributed by atoms with Gasteiger partial charge in [-0.1, -0.05) is 0 Å². The first-order valence-electron chi connectivity index (χ1n) is 1.72. The van der Waals surface area contributed by atoms with Crippen LogP contribution in [-0.4, -0.2) is 0 Å². The van der Waals surface area contributed by atoms with E-state index in [0.717, 1.165) is 6.42 Å². The molecule has 0 saturated carbocycles. The SMILES string of the molecule is [C-]1=CC=CC1.[Cr+3]. The van der Waals surface area contributed by atoms with Gasteiger partial charge in [-0.2, -0.15) is 6.08 Å². The Bertz CT molecular complexity index is 62.0. The molecule has 0 atom stereocenters. The molecule has 0 fully saturated rings. The quantitative estimate of drug-likeness (QED) is 0.419. The monoisotopic (exact) mass is 117 g/mol. The van der Waals surface area contributed by atoms with Gasteiger partial charge in [-0.05, 0) is 0 Å². The first-order valence-corrected chi connectivity index (χ1v) is 1.72. The molecule has 0 aromatic rings. The fraction of sp³-hybridized carbons (Fsp3) is 0.200.